The molecule has 0 aromatic heterocycles. The van der Waals surface area contributed by atoms with E-state index in [0.29, 0.717) is 31.0 Å². The number of rotatable bonds is 3. The highest BCUT2D eigenvalue weighted by Gasteiger charge is 2.29. The third kappa shape index (κ3) is 3.46. The van der Waals surface area contributed by atoms with Crippen molar-refractivity contribution >= 4 is 5.97 Å². The Labute approximate surface area is 127 Å². The van der Waals surface area contributed by atoms with Crippen LogP contribution in [0.4, 0.5) is 0 Å². The molecule has 1 heterocycles. The van der Waals surface area contributed by atoms with Crippen LogP contribution in [0.25, 0.3) is 0 Å². The molecule has 0 bridgehead atoms. The van der Waals surface area contributed by atoms with E-state index < -0.39 is 0 Å². The largest absolute Gasteiger partial charge is 0.463 e. The van der Waals surface area contributed by atoms with Gasteiger partial charge in [0.25, 0.3) is 0 Å². The molecule has 3 heteroatoms. The molecule has 116 valence electrons. The molecule has 1 aliphatic carbocycles. The zero-order valence-corrected chi connectivity index (χ0v) is 13.5. The van der Waals surface area contributed by atoms with Gasteiger partial charge in [0.1, 0.15) is 0 Å². The Morgan fingerprint density at radius 2 is 2.19 bits per heavy atom. The molecule has 3 unspecified atom stereocenters. The minimum Gasteiger partial charge on any atom is -0.463 e. The first-order valence-corrected chi connectivity index (χ1v) is 7.92. The quantitative estimate of drug-likeness (QED) is 0.452. The lowest BCUT2D eigenvalue weighted by Crippen LogP contribution is -2.19. The first-order chi connectivity index (χ1) is 10.1. The molecule has 1 aliphatic heterocycles. The molecule has 21 heavy (non-hydrogen) atoms. The van der Waals surface area contributed by atoms with Gasteiger partial charge in [-0.25, -0.2) is 4.79 Å². The normalized spacial score (nSPS) is 36.0. The number of allylic oxidation sites excluding steroid dienone is 3. The standard InChI is InChI=1S/C18H26O3/c1-5-15-12(3)7-8-14-10-20-11-17(14)13(4)16(15)9-18(19)21-6-2/h7-9,12,14-15H,5-6,10-11H2,1-4H3/b8-7-,16-9-,17-13-. The number of hydrogen-bond acceptors (Lipinski definition) is 3. The summed E-state index contributed by atoms with van der Waals surface area (Å²) in [6.45, 7) is 10.2. The van der Waals surface area contributed by atoms with Crippen molar-refractivity contribution in [3.63, 3.8) is 0 Å². The van der Waals surface area contributed by atoms with Crippen molar-refractivity contribution in [1.82, 2.24) is 0 Å². The summed E-state index contributed by atoms with van der Waals surface area (Å²) >= 11 is 0. The number of carbonyl (C=O) groups is 1. The van der Waals surface area contributed by atoms with Crippen molar-refractivity contribution in [1.29, 1.82) is 0 Å². The predicted octanol–water partition coefficient (Wildman–Crippen LogP) is 3.67. The van der Waals surface area contributed by atoms with Crippen LogP contribution in [0.2, 0.25) is 0 Å². The lowest BCUT2D eigenvalue weighted by molar-refractivity contribution is -0.137. The summed E-state index contributed by atoms with van der Waals surface area (Å²) in [5, 5.41) is 0. The Hall–Kier alpha value is -1.35. The highest BCUT2D eigenvalue weighted by molar-refractivity contribution is 5.84. The number of hydrogen-bond donors (Lipinski definition) is 0. The molecule has 0 amide bonds. The molecule has 0 saturated carbocycles. The van der Waals surface area contributed by atoms with Crippen LogP contribution in [0.3, 0.4) is 0 Å². The third-order valence-corrected chi connectivity index (χ3v) is 4.60. The Kier molecular flexibility index (Phi) is 5.40. The van der Waals surface area contributed by atoms with Gasteiger partial charge in [0, 0.05) is 12.0 Å². The molecule has 1 fully saturated rings. The molecule has 2 rings (SSSR count). The summed E-state index contributed by atoms with van der Waals surface area (Å²) < 4.78 is 10.7. The van der Waals surface area contributed by atoms with E-state index in [1.807, 2.05) is 6.92 Å². The summed E-state index contributed by atoms with van der Waals surface area (Å²) in [7, 11) is 0. The summed E-state index contributed by atoms with van der Waals surface area (Å²) in [5.74, 6) is 0.876. The summed E-state index contributed by atoms with van der Waals surface area (Å²) in [4.78, 5) is 11.9. The average Bonchev–Trinajstić information content (AvgIpc) is 2.91. The van der Waals surface area contributed by atoms with E-state index in [9.17, 15) is 4.79 Å². The first kappa shape index (κ1) is 16.0. The van der Waals surface area contributed by atoms with Crippen LogP contribution in [0.1, 0.15) is 34.1 Å². The molecule has 0 aromatic rings. The van der Waals surface area contributed by atoms with Crippen molar-refractivity contribution in [2.45, 2.75) is 34.1 Å². The highest BCUT2D eigenvalue weighted by atomic mass is 16.5. The Balaban J connectivity index is 2.46. The number of fused-ring (bicyclic) bond motifs is 1. The molecular weight excluding hydrogens is 264 g/mol. The fraction of sp³-hybridized carbons (Fsp3) is 0.611. The monoisotopic (exact) mass is 290 g/mol. The van der Waals surface area contributed by atoms with E-state index in [1.54, 1.807) is 6.08 Å². The van der Waals surface area contributed by atoms with Gasteiger partial charge in [-0.05, 0) is 48.8 Å². The maximum Gasteiger partial charge on any atom is 0.331 e. The van der Waals surface area contributed by atoms with Crippen LogP contribution in [-0.2, 0) is 14.3 Å². The second-order valence-corrected chi connectivity index (χ2v) is 5.88. The number of esters is 1. The van der Waals surface area contributed by atoms with Gasteiger partial charge < -0.3 is 9.47 Å². The van der Waals surface area contributed by atoms with Crippen molar-refractivity contribution in [3.8, 4) is 0 Å². The third-order valence-electron chi connectivity index (χ3n) is 4.60. The molecule has 0 radical (unpaired) electrons. The maximum atomic E-state index is 11.9. The van der Waals surface area contributed by atoms with Crippen molar-refractivity contribution in [2.75, 3.05) is 19.8 Å². The second-order valence-electron chi connectivity index (χ2n) is 5.88. The molecule has 2 aliphatic rings. The topological polar surface area (TPSA) is 35.5 Å². The fourth-order valence-corrected chi connectivity index (χ4v) is 3.37. The van der Waals surface area contributed by atoms with E-state index in [2.05, 4.69) is 32.9 Å². The van der Waals surface area contributed by atoms with Crippen molar-refractivity contribution in [3.05, 3.63) is 34.9 Å². The Bertz CT molecular complexity index is 485. The zero-order chi connectivity index (χ0) is 15.4. The molecule has 0 aromatic carbocycles. The van der Waals surface area contributed by atoms with Gasteiger partial charge in [-0.3, -0.25) is 0 Å². The van der Waals surface area contributed by atoms with E-state index in [1.165, 1.54) is 11.1 Å². The summed E-state index contributed by atoms with van der Waals surface area (Å²) in [5.41, 5.74) is 3.65. The number of carbonyl (C=O) groups excluding carboxylic acids is 1. The van der Waals surface area contributed by atoms with E-state index >= 15 is 0 Å². The summed E-state index contributed by atoms with van der Waals surface area (Å²) in [6, 6.07) is 0. The summed E-state index contributed by atoms with van der Waals surface area (Å²) in [6.07, 6.45) is 7.26. The Morgan fingerprint density at radius 1 is 1.43 bits per heavy atom. The lowest BCUT2D eigenvalue weighted by Gasteiger charge is -2.28. The molecule has 3 atom stereocenters. The van der Waals surface area contributed by atoms with Crippen LogP contribution in [-0.4, -0.2) is 25.8 Å². The Morgan fingerprint density at radius 3 is 2.86 bits per heavy atom. The van der Waals surface area contributed by atoms with Crippen LogP contribution in [0.15, 0.2) is 34.9 Å². The van der Waals surface area contributed by atoms with E-state index in [0.717, 1.165) is 18.6 Å². The maximum absolute atomic E-state index is 11.9. The van der Waals surface area contributed by atoms with Crippen molar-refractivity contribution < 1.29 is 14.3 Å². The smallest absolute Gasteiger partial charge is 0.331 e. The SMILES string of the molecule is CCOC(=O)/C=C1/C(C)=C2/COCC2/C=C\C(C)C1CC. The van der Waals surface area contributed by atoms with Gasteiger partial charge in [-0.1, -0.05) is 26.0 Å². The van der Waals surface area contributed by atoms with Gasteiger partial charge in [-0.15, -0.1) is 0 Å². The van der Waals surface area contributed by atoms with Gasteiger partial charge in [0.15, 0.2) is 0 Å². The van der Waals surface area contributed by atoms with Crippen LogP contribution in [0.5, 0.6) is 0 Å². The zero-order valence-electron chi connectivity index (χ0n) is 13.5. The predicted molar refractivity (Wildman–Crippen MR) is 83.8 cm³/mol. The van der Waals surface area contributed by atoms with Crippen LogP contribution < -0.4 is 0 Å². The van der Waals surface area contributed by atoms with Crippen LogP contribution >= 0.6 is 0 Å². The fourth-order valence-electron chi connectivity index (χ4n) is 3.37. The molecular formula is C18H26O3. The van der Waals surface area contributed by atoms with Gasteiger partial charge in [-0.2, -0.15) is 0 Å². The highest BCUT2D eigenvalue weighted by Crippen LogP contribution is 2.38. The molecule has 3 nitrogen and oxygen atoms in total. The molecule has 0 spiro atoms. The van der Waals surface area contributed by atoms with Crippen molar-refractivity contribution in [2.24, 2.45) is 17.8 Å². The van der Waals surface area contributed by atoms with Crippen LogP contribution in [0, 0.1) is 17.8 Å². The van der Waals surface area contributed by atoms with E-state index in [-0.39, 0.29) is 5.97 Å². The van der Waals surface area contributed by atoms with Gasteiger partial charge >= 0.3 is 5.97 Å². The average molecular weight is 290 g/mol. The minimum atomic E-state index is -0.238. The number of ether oxygens (including phenoxy) is 2. The second kappa shape index (κ2) is 7.08. The molecule has 1 saturated heterocycles. The van der Waals surface area contributed by atoms with E-state index in [4.69, 9.17) is 9.47 Å². The van der Waals surface area contributed by atoms with Gasteiger partial charge in [0.2, 0.25) is 0 Å². The molecule has 0 N–H and O–H groups in total. The lowest BCUT2D eigenvalue weighted by atomic mass is 9.76. The first-order valence-electron chi connectivity index (χ1n) is 7.92. The minimum absolute atomic E-state index is 0.238. The van der Waals surface area contributed by atoms with Gasteiger partial charge in [0.05, 0.1) is 19.8 Å².